The fourth-order valence-corrected chi connectivity index (χ4v) is 5.97. The van der Waals surface area contributed by atoms with Gasteiger partial charge < -0.3 is 10.2 Å². The van der Waals surface area contributed by atoms with Crippen molar-refractivity contribution in [1.29, 1.82) is 0 Å². The van der Waals surface area contributed by atoms with Gasteiger partial charge in [0.05, 0.1) is 0 Å². The summed E-state index contributed by atoms with van der Waals surface area (Å²) in [5.74, 6) is 0.648. The molecule has 0 radical (unpaired) electrons. The van der Waals surface area contributed by atoms with E-state index in [0.717, 1.165) is 54.6 Å². The average Bonchev–Trinajstić information content (AvgIpc) is 3.05. The van der Waals surface area contributed by atoms with Crippen LogP contribution in [0.4, 0.5) is 0 Å². The van der Waals surface area contributed by atoms with Crippen molar-refractivity contribution < 1.29 is 31.9 Å². The first-order valence-electron chi connectivity index (χ1n) is 14.1. The molecule has 0 saturated carbocycles. The molecule has 0 amide bonds. The molecule has 0 unspecified atom stereocenters. The standard InChI is InChI=1S/2C20H14O.Ti/c2*21-19-13-12-15-7-2-4-10-17(15)20(19)18-11-5-8-14-6-1-3-9-16(14)18;/h2*1-13,21H;. The third kappa shape index (κ3) is 5.28. The molecule has 0 heterocycles. The van der Waals surface area contributed by atoms with E-state index >= 15 is 0 Å². The van der Waals surface area contributed by atoms with Crippen LogP contribution in [0.2, 0.25) is 0 Å². The summed E-state index contributed by atoms with van der Waals surface area (Å²) in [7, 11) is 0. The van der Waals surface area contributed by atoms with Crippen LogP contribution in [0.15, 0.2) is 158 Å². The summed E-state index contributed by atoms with van der Waals surface area (Å²) < 4.78 is 0. The van der Waals surface area contributed by atoms with Crippen LogP contribution in [0, 0.1) is 0 Å². The minimum atomic E-state index is 0. The second-order valence-electron chi connectivity index (χ2n) is 10.4. The van der Waals surface area contributed by atoms with Crippen LogP contribution in [-0.4, -0.2) is 10.2 Å². The van der Waals surface area contributed by atoms with Crippen molar-refractivity contribution in [3.63, 3.8) is 0 Å². The van der Waals surface area contributed by atoms with Gasteiger partial charge >= 0.3 is 0 Å². The molecule has 0 aromatic heterocycles. The van der Waals surface area contributed by atoms with Gasteiger partial charge in [-0.15, -0.1) is 0 Å². The molecule has 0 aliphatic carbocycles. The topological polar surface area (TPSA) is 40.5 Å². The summed E-state index contributed by atoms with van der Waals surface area (Å²) in [5.41, 5.74) is 3.96. The van der Waals surface area contributed by atoms with Crippen molar-refractivity contribution in [2.24, 2.45) is 0 Å². The van der Waals surface area contributed by atoms with Gasteiger partial charge in [-0.1, -0.05) is 146 Å². The predicted octanol–water partition coefficient (Wildman–Crippen LogP) is 10.7. The summed E-state index contributed by atoms with van der Waals surface area (Å²) in [5, 5.41) is 30.0. The Hall–Kier alpha value is -4.89. The van der Waals surface area contributed by atoms with Crippen molar-refractivity contribution >= 4 is 43.1 Å². The van der Waals surface area contributed by atoms with Gasteiger partial charge in [0.25, 0.3) is 0 Å². The van der Waals surface area contributed by atoms with Gasteiger partial charge in [-0.2, -0.15) is 0 Å². The molecule has 0 aliphatic rings. The Bertz CT molecular complexity index is 2060. The second-order valence-corrected chi connectivity index (χ2v) is 10.4. The molecule has 0 bridgehead atoms. The molecule has 8 rings (SSSR count). The monoisotopic (exact) mass is 588 g/mol. The van der Waals surface area contributed by atoms with Crippen LogP contribution < -0.4 is 0 Å². The summed E-state index contributed by atoms with van der Waals surface area (Å²) >= 11 is 0. The van der Waals surface area contributed by atoms with Crippen LogP contribution in [0.1, 0.15) is 0 Å². The minimum Gasteiger partial charge on any atom is -0.507 e. The molecule has 3 heteroatoms. The normalized spacial score (nSPS) is 10.8. The van der Waals surface area contributed by atoms with Crippen LogP contribution >= 0.6 is 0 Å². The van der Waals surface area contributed by atoms with Gasteiger partial charge in [-0.3, -0.25) is 0 Å². The Labute approximate surface area is 265 Å². The zero-order chi connectivity index (χ0) is 28.5. The molecule has 0 spiro atoms. The Morgan fingerprint density at radius 1 is 0.279 bits per heavy atom. The molecular formula is C40H28O2Ti. The zero-order valence-electron chi connectivity index (χ0n) is 23.4. The van der Waals surface area contributed by atoms with Gasteiger partial charge in [0, 0.05) is 32.8 Å². The molecule has 8 aromatic rings. The fourth-order valence-electron chi connectivity index (χ4n) is 5.97. The number of phenolic OH excluding ortho intramolecular Hbond substituents is 2. The molecule has 2 N–H and O–H groups in total. The van der Waals surface area contributed by atoms with Crippen molar-refractivity contribution in [3.05, 3.63) is 158 Å². The maximum Gasteiger partial charge on any atom is 0.124 e. The number of hydrogen-bond donors (Lipinski definition) is 2. The SMILES string of the molecule is Oc1ccc2ccccc2c1-c1cccc2ccccc12.Oc1ccc2ccccc2c1-c1cccc2ccccc12.[Ti]. The number of rotatable bonds is 2. The maximum atomic E-state index is 10.4. The third-order valence-corrected chi connectivity index (χ3v) is 7.93. The van der Waals surface area contributed by atoms with E-state index in [-0.39, 0.29) is 21.7 Å². The van der Waals surface area contributed by atoms with E-state index in [9.17, 15) is 10.2 Å². The smallest absolute Gasteiger partial charge is 0.124 e. The largest absolute Gasteiger partial charge is 0.507 e. The summed E-state index contributed by atoms with van der Waals surface area (Å²) in [4.78, 5) is 0. The summed E-state index contributed by atoms with van der Waals surface area (Å²) in [6.45, 7) is 0. The first kappa shape index (κ1) is 28.2. The Morgan fingerprint density at radius 3 is 0.977 bits per heavy atom. The van der Waals surface area contributed by atoms with Gasteiger partial charge in [0.15, 0.2) is 0 Å². The quantitative estimate of drug-likeness (QED) is 0.197. The summed E-state index contributed by atoms with van der Waals surface area (Å²) in [6, 6.07) is 52.8. The van der Waals surface area contributed by atoms with E-state index < -0.39 is 0 Å². The molecule has 0 atom stereocenters. The molecule has 0 saturated heterocycles. The van der Waals surface area contributed by atoms with Crippen LogP contribution in [-0.2, 0) is 21.7 Å². The minimum absolute atomic E-state index is 0. The van der Waals surface area contributed by atoms with Crippen molar-refractivity contribution in [1.82, 2.24) is 0 Å². The molecule has 0 aliphatic heterocycles. The van der Waals surface area contributed by atoms with Crippen LogP contribution in [0.25, 0.3) is 65.3 Å². The maximum absolute atomic E-state index is 10.4. The van der Waals surface area contributed by atoms with E-state index in [1.165, 1.54) is 10.8 Å². The number of aromatic hydroxyl groups is 2. The van der Waals surface area contributed by atoms with Gasteiger partial charge in [-0.25, -0.2) is 0 Å². The van der Waals surface area contributed by atoms with Gasteiger partial charge in [0.1, 0.15) is 11.5 Å². The Morgan fingerprint density at radius 2 is 0.581 bits per heavy atom. The van der Waals surface area contributed by atoms with E-state index in [4.69, 9.17) is 0 Å². The van der Waals surface area contributed by atoms with E-state index in [1.807, 2.05) is 72.8 Å². The molecule has 8 aromatic carbocycles. The number of benzene rings is 8. The number of phenols is 2. The zero-order valence-corrected chi connectivity index (χ0v) is 25.0. The van der Waals surface area contributed by atoms with Crippen LogP contribution in [0.3, 0.4) is 0 Å². The first-order chi connectivity index (χ1) is 20.7. The number of fused-ring (bicyclic) bond motifs is 4. The molecule has 43 heavy (non-hydrogen) atoms. The Kier molecular flexibility index (Phi) is 7.98. The average molecular weight is 589 g/mol. The second kappa shape index (κ2) is 12.2. The summed E-state index contributed by atoms with van der Waals surface area (Å²) in [6.07, 6.45) is 0. The van der Waals surface area contributed by atoms with Crippen LogP contribution in [0.5, 0.6) is 11.5 Å². The van der Waals surface area contributed by atoms with E-state index in [1.54, 1.807) is 12.1 Å². The number of hydrogen-bond acceptors (Lipinski definition) is 2. The van der Waals surface area contributed by atoms with Gasteiger partial charge in [0.2, 0.25) is 0 Å². The molecule has 0 fully saturated rings. The van der Waals surface area contributed by atoms with E-state index in [0.29, 0.717) is 11.5 Å². The molecular weight excluding hydrogens is 560 g/mol. The van der Waals surface area contributed by atoms with Crippen molar-refractivity contribution in [2.45, 2.75) is 0 Å². The van der Waals surface area contributed by atoms with Crippen molar-refractivity contribution in [2.75, 3.05) is 0 Å². The third-order valence-electron chi connectivity index (χ3n) is 7.93. The van der Waals surface area contributed by atoms with E-state index in [2.05, 4.69) is 72.8 Å². The van der Waals surface area contributed by atoms with Crippen molar-refractivity contribution in [3.8, 4) is 33.8 Å². The first-order valence-corrected chi connectivity index (χ1v) is 14.1. The molecule has 2 nitrogen and oxygen atoms in total. The molecule has 204 valence electrons. The fraction of sp³-hybridized carbons (Fsp3) is 0. The Balaban J connectivity index is 0.000000150. The predicted molar refractivity (Wildman–Crippen MR) is 177 cm³/mol. The van der Waals surface area contributed by atoms with Gasteiger partial charge in [-0.05, 0) is 66.3 Å².